The van der Waals surface area contributed by atoms with Crippen molar-refractivity contribution < 1.29 is 9.32 Å². The van der Waals surface area contributed by atoms with E-state index in [1.165, 1.54) is 12.5 Å². The van der Waals surface area contributed by atoms with Crippen molar-refractivity contribution in [1.29, 1.82) is 0 Å². The van der Waals surface area contributed by atoms with Crippen LogP contribution in [0.5, 0.6) is 0 Å². The number of carbonyl (C=O) groups is 1. The molecule has 13 heavy (non-hydrogen) atoms. The molecular weight excluding hydrogens is 170 g/mol. The molecule has 3 N–H and O–H groups in total. The lowest BCUT2D eigenvalue weighted by molar-refractivity contribution is -0.123. The molecule has 1 aromatic rings. The first-order chi connectivity index (χ1) is 6.06. The van der Waals surface area contributed by atoms with Crippen LogP contribution in [0.25, 0.3) is 0 Å². The van der Waals surface area contributed by atoms with Gasteiger partial charge in [-0.2, -0.15) is 0 Å². The van der Waals surface area contributed by atoms with E-state index >= 15 is 0 Å². The molecule has 1 heterocycles. The summed E-state index contributed by atoms with van der Waals surface area (Å²) in [7, 11) is 0. The van der Waals surface area contributed by atoms with Gasteiger partial charge in [-0.3, -0.25) is 4.79 Å². The molecule has 0 atom stereocenters. The van der Waals surface area contributed by atoms with Crippen LogP contribution < -0.4 is 11.1 Å². The zero-order valence-electron chi connectivity index (χ0n) is 7.70. The molecule has 1 aromatic heterocycles. The van der Waals surface area contributed by atoms with Gasteiger partial charge in [-0.25, -0.2) is 0 Å². The molecule has 0 saturated heterocycles. The summed E-state index contributed by atoms with van der Waals surface area (Å²) < 4.78 is 4.57. The first kappa shape index (κ1) is 9.73. The van der Waals surface area contributed by atoms with Crippen LogP contribution in [0.3, 0.4) is 0 Å². The average Bonchev–Trinajstić information content (AvgIpc) is 2.57. The molecule has 72 valence electrons. The molecule has 0 aromatic carbocycles. The molecule has 0 fully saturated rings. The second kappa shape index (κ2) is 3.57. The molecule has 0 radical (unpaired) electrons. The predicted molar refractivity (Wildman–Crippen MR) is 48.0 cm³/mol. The second-order valence-electron chi connectivity index (χ2n) is 3.46. The number of anilines is 1. The van der Waals surface area contributed by atoms with Gasteiger partial charge in [0, 0.05) is 6.54 Å². The van der Waals surface area contributed by atoms with Gasteiger partial charge >= 0.3 is 0 Å². The molecular formula is C8H13N3O2. The van der Waals surface area contributed by atoms with E-state index in [4.69, 9.17) is 5.73 Å². The molecule has 0 bridgehead atoms. The molecule has 0 unspecified atom stereocenters. The third-order valence-electron chi connectivity index (χ3n) is 1.82. The highest BCUT2D eigenvalue weighted by Crippen LogP contribution is 2.16. The maximum absolute atomic E-state index is 11.5. The number of rotatable bonds is 3. The van der Waals surface area contributed by atoms with E-state index in [1.807, 2.05) is 0 Å². The van der Waals surface area contributed by atoms with Crippen LogP contribution in [0.1, 0.15) is 13.8 Å². The number of nitrogens with one attached hydrogen (secondary N) is 1. The molecule has 1 rings (SSSR count). The molecule has 5 nitrogen and oxygen atoms in total. The summed E-state index contributed by atoms with van der Waals surface area (Å²) in [6, 6.07) is 0. The van der Waals surface area contributed by atoms with Crippen LogP contribution in [0.2, 0.25) is 0 Å². The molecule has 0 aliphatic rings. The van der Waals surface area contributed by atoms with Crippen molar-refractivity contribution in [1.82, 2.24) is 5.16 Å². The number of amides is 1. The number of carbonyl (C=O) groups excluding carboxylic acids is 1. The van der Waals surface area contributed by atoms with Gasteiger partial charge in [-0.1, -0.05) is 5.16 Å². The Balaban J connectivity index is 2.61. The summed E-state index contributed by atoms with van der Waals surface area (Å²) in [5.74, 6) is -0.141. The van der Waals surface area contributed by atoms with Crippen molar-refractivity contribution in [2.24, 2.45) is 11.1 Å². The summed E-state index contributed by atoms with van der Waals surface area (Å²) in [5, 5.41) is 6.10. The number of hydrogen-bond acceptors (Lipinski definition) is 4. The van der Waals surface area contributed by atoms with Crippen LogP contribution in [-0.2, 0) is 4.79 Å². The Morgan fingerprint density at radius 3 is 2.92 bits per heavy atom. The maximum atomic E-state index is 11.5. The second-order valence-corrected chi connectivity index (χ2v) is 3.46. The number of hydrogen-bond donors (Lipinski definition) is 2. The van der Waals surface area contributed by atoms with Crippen molar-refractivity contribution in [2.45, 2.75) is 13.8 Å². The van der Waals surface area contributed by atoms with Gasteiger partial charge in [0.1, 0.15) is 12.0 Å². The van der Waals surface area contributed by atoms with Crippen molar-refractivity contribution in [3.63, 3.8) is 0 Å². The van der Waals surface area contributed by atoms with Gasteiger partial charge in [0.05, 0.1) is 11.6 Å². The minimum absolute atomic E-state index is 0.141. The molecule has 5 heteroatoms. The number of aromatic nitrogens is 1. The SMILES string of the molecule is CC(C)(CN)C(=O)Nc1cnoc1. The van der Waals surface area contributed by atoms with Crippen molar-refractivity contribution in [2.75, 3.05) is 11.9 Å². The van der Waals surface area contributed by atoms with Crippen LogP contribution in [-0.4, -0.2) is 17.6 Å². The van der Waals surface area contributed by atoms with E-state index in [2.05, 4.69) is 15.0 Å². The molecule has 0 aliphatic heterocycles. The third kappa shape index (κ3) is 2.29. The fraction of sp³-hybridized carbons (Fsp3) is 0.500. The maximum Gasteiger partial charge on any atom is 0.231 e. The minimum atomic E-state index is -0.572. The summed E-state index contributed by atoms with van der Waals surface area (Å²) in [5.41, 5.74) is 5.41. The average molecular weight is 183 g/mol. The van der Waals surface area contributed by atoms with Gasteiger partial charge in [-0.15, -0.1) is 0 Å². The van der Waals surface area contributed by atoms with E-state index in [1.54, 1.807) is 13.8 Å². The standard InChI is InChI=1S/C8H13N3O2/c1-8(2,5-9)7(12)11-6-3-10-13-4-6/h3-4H,5,9H2,1-2H3,(H,11,12). The fourth-order valence-electron chi connectivity index (χ4n) is 0.660. The van der Waals surface area contributed by atoms with Gasteiger partial charge in [0.15, 0.2) is 0 Å². The largest absolute Gasteiger partial charge is 0.363 e. The van der Waals surface area contributed by atoms with E-state index in [0.29, 0.717) is 12.2 Å². The van der Waals surface area contributed by atoms with Crippen LogP contribution >= 0.6 is 0 Å². The Hall–Kier alpha value is -1.36. The van der Waals surface area contributed by atoms with Crippen molar-refractivity contribution >= 4 is 11.6 Å². The highest BCUT2D eigenvalue weighted by Gasteiger charge is 2.25. The fourth-order valence-corrected chi connectivity index (χ4v) is 0.660. The molecule has 1 amide bonds. The quantitative estimate of drug-likeness (QED) is 0.718. The normalized spacial score (nSPS) is 11.3. The van der Waals surface area contributed by atoms with Gasteiger partial charge in [-0.05, 0) is 13.8 Å². The molecule has 0 saturated carbocycles. The Labute approximate surface area is 76.3 Å². The first-order valence-corrected chi connectivity index (χ1v) is 3.97. The van der Waals surface area contributed by atoms with Crippen molar-refractivity contribution in [3.8, 4) is 0 Å². The van der Waals surface area contributed by atoms with E-state index in [0.717, 1.165) is 0 Å². The van der Waals surface area contributed by atoms with Gasteiger partial charge in [0.25, 0.3) is 0 Å². The lowest BCUT2D eigenvalue weighted by Crippen LogP contribution is -2.37. The predicted octanol–water partition coefficient (Wildman–Crippen LogP) is 0.598. The summed E-state index contributed by atoms with van der Waals surface area (Å²) in [4.78, 5) is 11.5. The summed E-state index contributed by atoms with van der Waals surface area (Å²) >= 11 is 0. The zero-order valence-corrected chi connectivity index (χ0v) is 7.70. The van der Waals surface area contributed by atoms with Crippen molar-refractivity contribution in [3.05, 3.63) is 12.5 Å². The van der Waals surface area contributed by atoms with Gasteiger partial charge < -0.3 is 15.6 Å². The Morgan fingerprint density at radius 1 is 1.77 bits per heavy atom. The van der Waals surface area contributed by atoms with E-state index in [-0.39, 0.29) is 5.91 Å². The third-order valence-corrected chi connectivity index (χ3v) is 1.82. The number of nitrogens with zero attached hydrogens (tertiary/aromatic N) is 1. The van der Waals surface area contributed by atoms with E-state index in [9.17, 15) is 4.79 Å². The highest BCUT2D eigenvalue weighted by atomic mass is 16.5. The lowest BCUT2D eigenvalue weighted by Gasteiger charge is -2.20. The van der Waals surface area contributed by atoms with Gasteiger partial charge in [0.2, 0.25) is 5.91 Å². The first-order valence-electron chi connectivity index (χ1n) is 3.97. The number of nitrogens with two attached hydrogens (primary N) is 1. The Kier molecular flexibility index (Phi) is 2.67. The molecule has 0 aliphatic carbocycles. The van der Waals surface area contributed by atoms with Crippen LogP contribution in [0.15, 0.2) is 17.0 Å². The monoisotopic (exact) mass is 183 g/mol. The van der Waals surface area contributed by atoms with Crippen LogP contribution in [0, 0.1) is 5.41 Å². The summed E-state index contributed by atoms with van der Waals surface area (Å²) in [6.07, 6.45) is 2.80. The topological polar surface area (TPSA) is 81.2 Å². The minimum Gasteiger partial charge on any atom is -0.363 e. The van der Waals surface area contributed by atoms with E-state index < -0.39 is 5.41 Å². The zero-order chi connectivity index (χ0) is 9.90. The smallest absolute Gasteiger partial charge is 0.231 e. The molecule has 0 spiro atoms. The van der Waals surface area contributed by atoms with Crippen LogP contribution in [0.4, 0.5) is 5.69 Å². The summed E-state index contributed by atoms with van der Waals surface area (Å²) in [6.45, 7) is 3.84. The Morgan fingerprint density at radius 2 is 2.46 bits per heavy atom. The Bertz CT molecular complexity index is 280. The highest BCUT2D eigenvalue weighted by molar-refractivity contribution is 5.94. The lowest BCUT2D eigenvalue weighted by atomic mass is 9.93.